The zero-order valence-corrected chi connectivity index (χ0v) is 15.2. The number of hydrogen-bond acceptors (Lipinski definition) is 6. The lowest BCUT2D eigenvalue weighted by Gasteiger charge is -2.52. The van der Waals surface area contributed by atoms with Gasteiger partial charge in [-0.25, -0.2) is 0 Å². The van der Waals surface area contributed by atoms with Gasteiger partial charge in [0.1, 0.15) is 11.5 Å². The number of esters is 2. The summed E-state index contributed by atoms with van der Waals surface area (Å²) in [6.07, 6.45) is 0. The standard InChI is InChI=1S/C22H20O6/c23-9-10-26-11-12-27-22-15-7-3-1-5-13(15)17(14-6-2-4-8-16(14)22)18-19(22)21(25)28-20(18)24/h1-8,17-19,23H,9-12H2. The van der Waals surface area contributed by atoms with Gasteiger partial charge in [-0.1, -0.05) is 48.5 Å². The number of hydrogen-bond donors (Lipinski definition) is 1. The van der Waals surface area contributed by atoms with E-state index in [0.717, 1.165) is 22.3 Å². The third-order valence-corrected chi connectivity index (χ3v) is 6.07. The Morgan fingerprint density at radius 1 is 0.893 bits per heavy atom. The van der Waals surface area contributed by atoms with Crippen LogP contribution in [-0.2, 0) is 29.4 Å². The Morgan fingerprint density at radius 2 is 1.54 bits per heavy atom. The van der Waals surface area contributed by atoms with Gasteiger partial charge in [-0.3, -0.25) is 9.59 Å². The summed E-state index contributed by atoms with van der Waals surface area (Å²) < 4.78 is 16.9. The van der Waals surface area contributed by atoms with Crippen molar-refractivity contribution in [3.05, 3.63) is 70.8 Å². The van der Waals surface area contributed by atoms with Crippen molar-refractivity contribution >= 4 is 11.9 Å². The number of carbonyl (C=O) groups excluding carboxylic acids is 2. The predicted octanol–water partition coefficient (Wildman–Crippen LogP) is 1.73. The second-order valence-corrected chi connectivity index (χ2v) is 7.32. The van der Waals surface area contributed by atoms with Crippen LogP contribution < -0.4 is 0 Å². The summed E-state index contributed by atoms with van der Waals surface area (Å²) in [5.41, 5.74) is 2.75. The van der Waals surface area contributed by atoms with Gasteiger partial charge in [0, 0.05) is 5.92 Å². The van der Waals surface area contributed by atoms with Crippen molar-refractivity contribution in [1.82, 2.24) is 0 Å². The molecule has 3 aliphatic carbocycles. The SMILES string of the molecule is O=C1OC(=O)C2C1C1c3ccccc3C2(OCCOCCO)c2ccccc21. The summed E-state index contributed by atoms with van der Waals surface area (Å²) in [6.45, 7) is 0.649. The van der Waals surface area contributed by atoms with Crippen molar-refractivity contribution in [3.8, 4) is 0 Å². The van der Waals surface area contributed by atoms with E-state index in [4.69, 9.17) is 19.3 Å². The van der Waals surface area contributed by atoms with Gasteiger partial charge in [-0.15, -0.1) is 0 Å². The third-order valence-electron chi connectivity index (χ3n) is 6.07. The number of aliphatic hydroxyl groups excluding tert-OH is 1. The minimum atomic E-state index is -1.08. The van der Waals surface area contributed by atoms with Crippen LogP contribution in [0.3, 0.4) is 0 Å². The molecule has 6 nitrogen and oxygen atoms in total. The molecule has 1 aliphatic heterocycles. The lowest BCUT2D eigenvalue weighted by Crippen LogP contribution is -2.55. The molecule has 2 aromatic carbocycles. The average molecular weight is 380 g/mol. The Kier molecular flexibility index (Phi) is 4.08. The number of rotatable bonds is 6. The van der Waals surface area contributed by atoms with Gasteiger partial charge in [0.25, 0.3) is 0 Å². The van der Waals surface area contributed by atoms with Gasteiger partial charge in [0.2, 0.25) is 0 Å². The Balaban J connectivity index is 1.69. The van der Waals surface area contributed by atoms with Crippen molar-refractivity contribution in [2.24, 2.45) is 11.8 Å². The number of ether oxygens (including phenoxy) is 3. The van der Waals surface area contributed by atoms with Gasteiger partial charge in [-0.05, 0) is 22.3 Å². The van der Waals surface area contributed by atoms with Gasteiger partial charge in [0.15, 0.2) is 0 Å². The molecule has 0 radical (unpaired) electrons. The van der Waals surface area contributed by atoms with Crippen LogP contribution in [-0.4, -0.2) is 43.5 Å². The Labute approximate surface area is 162 Å². The van der Waals surface area contributed by atoms with Gasteiger partial charge in [0.05, 0.1) is 32.3 Å². The zero-order valence-electron chi connectivity index (χ0n) is 15.2. The zero-order chi connectivity index (χ0) is 19.3. The quantitative estimate of drug-likeness (QED) is 0.467. The maximum absolute atomic E-state index is 12.8. The minimum Gasteiger partial charge on any atom is -0.394 e. The molecule has 2 atom stereocenters. The van der Waals surface area contributed by atoms with Crippen molar-refractivity contribution in [2.75, 3.05) is 26.4 Å². The number of carbonyl (C=O) groups is 2. The molecule has 6 heteroatoms. The molecule has 6 rings (SSSR count). The van der Waals surface area contributed by atoms with E-state index >= 15 is 0 Å². The molecule has 0 aromatic heterocycles. The van der Waals surface area contributed by atoms with E-state index < -0.39 is 29.4 Å². The Bertz CT molecular complexity index is 904. The first-order chi connectivity index (χ1) is 13.7. The summed E-state index contributed by atoms with van der Waals surface area (Å²) in [6, 6.07) is 15.7. The van der Waals surface area contributed by atoms with Crippen LogP contribution in [0.15, 0.2) is 48.5 Å². The predicted molar refractivity (Wildman–Crippen MR) is 97.4 cm³/mol. The smallest absolute Gasteiger partial charge is 0.321 e. The lowest BCUT2D eigenvalue weighted by molar-refractivity contribution is -0.158. The molecule has 144 valence electrons. The molecule has 28 heavy (non-hydrogen) atoms. The van der Waals surface area contributed by atoms with E-state index in [1.54, 1.807) is 0 Å². The van der Waals surface area contributed by atoms with Gasteiger partial charge >= 0.3 is 11.9 Å². The fourth-order valence-electron chi connectivity index (χ4n) is 5.18. The molecule has 2 aromatic rings. The number of aliphatic hydroxyl groups is 1. The van der Waals surface area contributed by atoms with Gasteiger partial charge < -0.3 is 19.3 Å². The normalized spacial score (nSPS) is 29.2. The summed E-state index contributed by atoms with van der Waals surface area (Å²) >= 11 is 0. The Hall–Kier alpha value is -2.54. The highest BCUT2D eigenvalue weighted by Gasteiger charge is 2.68. The molecule has 1 saturated heterocycles. The molecule has 1 N–H and O–H groups in total. The first-order valence-corrected chi connectivity index (χ1v) is 9.47. The number of cyclic esters (lactones) is 2. The molecule has 0 amide bonds. The fourth-order valence-corrected chi connectivity index (χ4v) is 5.18. The molecule has 2 unspecified atom stereocenters. The topological polar surface area (TPSA) is 82.1 Å². The van der Waals surface area contributed by atoms with E-state index in [1.165, 1.54) is 0 Å². The van der Waals surface area contributed by atoms with E-state index in [0.29, 0.717) is 0 Å². The van der Waals surface area contributed by atoms with E-state index in [9.17, 15) is 9.59 Å². The van der Waals surface area contributed by atoms with E-state index in [2.05, 4.69) is 0 Å². The van der Waals surface area contributed by atoms with Crippen molar-refractivity contribution in [3.63, 3.8) is 0 Å². The molecular formula is C22H20O6. The van der Waals surface area contributed by atoms with Crippen LogP contribution in [0.25, 0.3) is 0 Å². The van der Waals surface area contributed by atoms with Crippen LogP contribution in [0.1, 0.15) is 28.2 Å². The van der Waals surface area contributed by atoms with Crippen LogP contribution in [0.5, 0.6) is 0 Å². The second kappa shape index (κ2) is 6.51. The van der Waals surface area contributed by atoms with Gasteiger partial charge in [-0.2, -0.15) is 0 Å². The molecule has 0 saturated carbocycles. The second-order valence-electron chi connectivity index (χ2n) is 7.32. The van der Waals surface area contributed by atoms with Crippen LogP contribution >= 0.6 is 0 Å². The minimum absolute atomic E-state index is 0.0655. The van der Waals surface area contributed by atoms with E-state index in [-0.39, 0.29) is 32.3 Å². The molecule has 1 fully saturated rings. The third kappa shape index (κ3) is 2.19. The molecule has 1 heterocycles. The van der Waals surface area contributed by atoms with Crippen molar-refractivity contribution in [2.45, 2.75) is 11.5 Å². The maximum Gasteiger partial charge on any atom is 0.321 e. The summed E-state index contributed by atoms with van der Waals surface area (Å²) in [4.78, 5) is 25.4. The summed E-state index contributed by atoms with van der Waals surface area (Å²) in [5.74, 6) is -2.52. The Morgan fingerprint density at radius 3 is 2.18 bits per heavy atom. The molecule has 0 spiro atoms. The largest absolute Gasteiger partial charge is 0.394 e. The fraction of sp³-hybridized carbons (Fsp3) is 0.364. The summed E-state index contributed by atoms with van der Waals surface area (Å²) in [7, 11) is 0. The highest BCUT2D eigenvalue weighted by molar-refractivity contribution is 6.00. The van der Waals surface area contributed by atoms with Crippen LogP contribution in [0.4, 0.5) is 0 Å². The van der Waals surface area contributed by atoms with Crippen LogP contribution in [0.2, 0.25) is 0 Å². The first-order valence-electron chi connectivity index (χ1n) is 9.47. The lowest BCUT2D eigenvalue weighted by atomic mass is 9.52. The first kappa shape index (κ1) is 17.6. The number of benzene rings is 2. The molecular weight excluding hydrogens is 360 g/mol. The van der Waals surface area contributed by atoms with E-state index in [1.807, 2.05) is 48.5 Å². The summed E-state index contributed by atoms with van der Waals surface area (Å²) in [5, 5.41) is 8.90. The molecule has 2 bridgehead atoms. The van der Waals surface area contributed by atoms with Crippen molar-refractivity contribution < 1.29 is 28.9 Å². The maximum atomic E-state index is 12.8. The highest BCUT2D eigenvalue weighted by atomic mass is 16.6. The average Bonchev–Trinajstić information content (AvgIpc) is 3.03. The van der Waals surface area contributed by atoms with Crippen LogP contribution in [0, 0.1) is 11.8 Å². The monoisotopic (exact) mass is 380 g/mol. The van der Waals surface area contributed by atoms with Crippen molar-refractivity contribution in [1.29, 1.82) is 0 Å². The highest BCUT2D eigenvalue weighted by Crippen LogP contribution is 2.63. The molecule has 4 aliphatic rings.